The zero-order valence-corrected chi connectivity index (χ0v) is 15.1. The highest BCUT2D eigenvalue weighted by molar-refractivity contribution is 7.88. The number of amides is 1. The summed E-state index contributed by atoms with van der Waals surface area (Å²) in [5.74, 6) is 0.505. The number of carbonyl (C=O) groups excluding carboxylic acids is 1. The van der Waals surface area contributed by atoms with E-state index in [2.05, 4.69) is 10.4 Å². The van der Waals surface area contributed by atoms with Crippen molar-refractivity contribution in [2.24, 2.45) is 13.0 Å². The highest BCUT2D eigenvalue weighted by Crippen LogP contribution is 2.21. The fraction of sp³-hybridized carbons (Fsp3) is 0.500. The molecule has 0 bridgehead atoms. The van der Waals surface area contributed by atoms with E-state index in [0.717, 1.165) is 17.1 Å². The monoisotopic (exact) mass is 366 g/mol. The topological polar surface area (TPSA) is 97.4 Å². The van der Waals surface area contributed by atoms with Crippen molar-refractivity contribution in [2.45, 2.75) is 19.4 Å². The van der Waals surface area contributed by atoms with E-state index in [1.165, 1.54) is 10.6 Å². The first-order valence-electron chi connectivity index (χ1n) is 8.14. The van der Waals surface area contributed by atoms with E-state index >= 15 is 0 Å². The standard InChI is InChI=1S/C16H22N4O4S/c1-19-14(15-4-3-9-24-15)10-13(18-19)11-17-16(21)12-5-7-20(8-6-12)25(2,22)23/h3-4,9-10,12H,5-8,11H2,1-2H3,(H,17,21). The van der Waals surface area contributed by atoms with Crippen LogP contribution in [0.5, 0.6) is 0 Å². The second-order valence-corrected chi connectivity index (χ2v) is 8.26. The van der Waals surface area contributed by atoms with Gasteiger partial charge in [-0.05, 0) is 31.0 Å². The van der Waals surface area contributed by atoms with Crippen LogP contribution >= 0.6 is 0 Å². The quantitative estimate of drug-likeness (QED) is 0.850. The van der Waals surface area contributed by atoms with Crippen LogP contribution in [0.1, 0.15) is 18.5 Å². The van der Waals surface area contributed by atoms with Crippen molar-refractivity contribution in [3.05, 3.63) is 30.2 Å². The SMILES string of the molecule is Cn1nc(CNC(=O)C2CCN(S(C)(=O)=O)CC2)cc1-c1ccco1. The minimum absolute atomic E-state index is 0.0571. The molecule has 136 valence electrons. The van der Waals surface area contributed by atoms with E-state index in [-0.39, 0.29) is 11.8 Å². The Bertz CT molecular complexity index is 834. The summed E-state index contributed by atoms with van der Waals surface area (Å²) in [5, 5.41) is 7.28. The van der Waals surface area contributed by atoms with Gasteiger partial charge in [-0.3, -0.25) is 9.48 Å². The molecule has 9 heteroatoms. The van der Waals surface area contributed by atoms with Gasteiger partial charge in [-0.15, -0.1) is 0 Å². The number of aromatic nitrogens is 2. The van der Waals surface area contributed by atoms with Gasteiger partial charge in [0.05, 0.1) is 24.8 Å². The van der Waals surface area contributed by atoms with Gasteiger partial charge in [-0.25, -0.2) is 12.7 Å². The Morgan fingerprint density at radius 2 is 2.12 bits per heavy atom. The van der Waals surface area contributed by atoms with Crippen molar-refractivity contribution in [1.29, 1.82) is 0 Å². The number of rotatable bonds is 5. The summed E-state index contributed by atoms with van der Waals surface area (Å²) < 4.78 is 31.5. The summed E-state index contributed by atoms with van der Waals surface area (Å²) in [6, 6.07) is 5.55. The fourth-order valence-corrected chi connectivity index (χ4v) is 3.91. The van der Waals surface area contributed by atoms with Crippen molar-refractivity contribution in [3.8, 4) is 11.5 Å². The number of sulfonamides is 1. The zero-order chi connectivity index (χ0) is 18.0. The van der Waals surface area contributed by atoms with Crippen molar-refractivity contribution < 1.29 is 17.6 Å². The number of piperidine rings is 1. The molecule has 1 N–H and O–H groups in total. The van der Waals surface area contributed by atoms with Gasteiger partial charge < -0.3 is 9.73 Å². The Morgan fingerprint density at radius 3 is 2.72 bits per heavy atom. The molecule has 0 saturated carbocycles. The average Bonchev–Trinajstić information content (AvgIpc) is 3.21. The van der Waals surface area contributed by atoms with E-state index in [4.69, 9.17) is 4.42 Å². The summed E-state index contributed by atoms with van der Waals surface area (Å²) in [6.45, 7) is 1.12. The number of nitrogens with one attached hydrogen (secondary N) is 1. The van der Waals surface area contributed by atoms with Gasteiger partial charge in [0.25, 0.3) is 0 Å². The predicted molar refractivity (Wildman–Crippen MR) is 91.9 cm³/mol. The summed E-state index contributed by atoms with van der Waals surface area (Å²) in [6.07, 6.45) is 3.88. The van der Waals surface area contributed by atoms with Gasteiger partial charge in [-0.1, -0.05) is 0 Å². The lowest BCUT2D eigenvalue weighted by Gasteiger charge is -2.29. The van der Waals surface area contributed by atoms with Crippen molar-refractivity contribution in [2.75, 3.05) is 19.3 Å². The van der Waals surface area contributed by atoms with Crippen LogP contribution in [0, 0.1) is 5.92 Å². The Morgan fingerprint density at radius 1 is 1.40 bits per heavy atom. The average molecular weight is 366 g/mol. The molecule has 0 atom stereocenters. The van der Waals surface area contributed by atoms with Crippen molar-refractivity contribution in [1.82, 2.24) is 19.4 Å². The summed E-state index contributed by atoms with van der Waals surface area (Å²) in [7, 11) is -1.35. The molecule has 0 aromatic carbocycles. The van der Waals surface area contributed by atoms with Gasteiger partial charge >= 0.3 is 0 Å². The molecule has 8 nitrogen and oxygen atoms in total. The van der Waals surface area contributed by atoms with Crippen LogP contribution in [0.25, 0.3) is 11.5 Å². The number of furan rings is 1. The van der Waals surface area contributed by atoms with E-state index < -0.39 is 10.0 Å². The lowest BCUT2D eigenvalue weighted by Crippen LogP contribution is -2.42. The van der Waals surface area contributed by atoms with E-state index in [1.54, 1.807) is 10.9 Å². The molecule has 1 aliphatic heterocycles. The molecule has 1 fully saturated rings. The van der Waals surface area contributed by atoms with Crippen LogP contribution in [0.3, 0.4) is 0 Å². The molecule has 2 aromatic heterocycles. The molecular weight excluding hydrogens is 344 g/mol. The predicted octanol–water partition coefficient (Wildman–Crippen LogP) is 0.968. The Kier molecular flexibility index (Phi) is 4.96. The molecule has 1 amide bonds. The number of nitrogens with zero attached hydrogens (tertiary/aromatic N) is 3. The maximum atomic E-state index is 12.3. The third-order valence-corrected chi connectivity index (χ3v) is 5.74. The smallest absolute Gasteiger partial charge is 0.223 e. The molecule has 3 heterocycles. The molecule has 25 heavy (non-hydrogen) atoms. The van der Waals surface area contributed by atoms with Crippen LogP contribution in [0.4, 0.5) is 0 Å². The lowest BCUT2D eigenvalue weighted by atomic mass is 9.97. The molecule has 0 unspecified atom stereocenters. The second-order valence-electron chi connectivity index (χ2n) is 6.28. The first kappa shape index (κ1) is 17.7. The van der Waals surface area contributed by atoms with E-state index in [9.17, 15) is 13.2 Å². The summed E-state index contributed by atoms with van der Waals surface area (Å²) in [5.41, 5.74) is 1.59. The molecule has 2 aromatic rings. The van der Waals surface area contributed by atoms with Crippen LogP contribution < -0.4 is 5.32 Å². The Balaban J connectivity index is 1.54. The third-order valence-electron chi connectivity index (χ3n) is 4.44. The number of carbonyl (C=O) groups is 1. The van der Waals surface area contributed by atoms with E-state index in [1.807, 2.05) is 25.2 Å². The summed E-state index contributed by atoms with van der Waals surface area (Å²) in [4.78, 5) is 12.3. The van der Waals surface area contributed by atoms with Crippen molar-refractivity contribution in [3.63, 3.8) is 0 Å². The molecule has 0 radical (unpaired) electrons. The van der Waals surface area contributed by atoms with Crippen LogP contribution in [-0.4, -0.2) is 47.8 Å². The Labute approximate surface area is 146 Å². The number of aryl methyl sites for hydroxylation is 1. The van der Waals surface area contributed by atoms with Gasteiger partial charge in [0.2, 0.25) is 15.9 Å². The van der Waals surface area contributed by atoms with E-state index in [0.29, 0.717) is 32.5 Å². The Hall–Kier alpha value is -2.13. The van der Waals surface area contributed by atoms with Gasteiger partial charge in [0, 0.05) is 26.1 Å². The number of hydrogen-bond donors (Lipinski definition) is 1. The lowest BCUT2D eigenvalue weighted by molar-refractivity contribution is -0.126. The maximum absolute atomic E-state index is 12.3. The molecule has 0 aliphatic carbocycles. The van der Waals surface area contributed by atoms with Crippen LogP contribution in [0.15, 0.2) is 28.9 Å². The van der Waals surface area contributed by atoms with Crippen molar-refractivity contribution >= 4 is 15.9 Å². The minimum Gasteiger partial charge on any atom is -0.463 e. The zero-order valence-electron chi connectivity index (χ0n) is 14.3. The van der Waals surface area contributed by atoms with Gasteiger partial charge in [0.1, 0.15) is 5.69 Å². The molecule has 1 aliphatic rings. The highest BCUT2D eigenvalue weighted by Gasteiger charge is 2.28. The number of hydrogen-bond acceptors (Lipinski definition) is 5. The van der Waals surface area contributed by atoms with Gasteiger partial charge in [-0.2, -0.15) is 5.10 Å². The molecule has 1 saturated heterocycles. The third kappa shape index (κ3) is 4.10. The second kappa shape index (κ2) is 7.01. The fourth-order valence-electron chi connectivity index (χ4n) is 3.04. The normalized spacial score (nSPS) is 16.9. The molecule has 3 rings (SSSR count). The highest BCUT2D eigenvalue weighted by atomic mass is 32.2. The van der Waals surface area contributed by atoms with Gasteiger partial charge in [0.15, 0.2) is 5.76 Å². The van der Waals surface area contributed by atoms with Crippen LogP contribution in [0.2, 0.25) is 0 Å². The largest absolute Gasteiger partial charge is 0.463 e. The molecular formula is C16H22N4O4S. The maximum Gasteiger partial charge on any atom is 0.223 e. The minimum atomic E-state index is -3.17. The molecule has 0 spiro atoms. The first-order valence-corrected chi connectivity index (χ1v) is 9.99. The summed E-state index contributed by atoms with van der Waals surface area (Å²) >= 11 is 0. The van der Waals surface area contributed by atoms with Crippen LogP contribution in [-0.2, 0) is 28.4 Å². The first-order chi connectivity index (χ1) is 11.8.